The molecule has 2 N–H and O–H groups in total. The number of benzene rings is 1. The number of rotatable bonds is 5. The lowest BCUT2D eigenvalue weighted by atomic mass is 10.1. The second-order valence-electron chi connectivity index (χ2n) is 5.23. The predicted molar refractivity (Wildman–Crippen MR) is 87.3 cm³/mol. The zero-order valence-corrected chi connectivity index (χ0v) is 14.2. The van der Waals surface area contributed by atoms with E-state index in [2.05, 4.69) is 17.1 Å². The summed E-state index contributed by atoms with van der Waals surface area (Å²) in [5.74, 6) is -0.638. The van der Waals surface area contributed by atoms with Gasteiger partial charge in [-0.25, -0.2) is 0 Å². The van der Waals surface area contributed by atoms with Gasteiger partial charge in [-0.05, 0) is 32.0 Å². The van der Waals surface area contributed by atoms with Crippen molar-refractivity contribution in [2.24, 2.45) is 0 Å². The molecule has 1 aromatic rings. The minimum atomic E-state index is -0.443. The number of ether oxygens (including phenoxy) is 1. The van der Waals surface area contributed by atoms with Crippen molar-refractivity contribution in [3.05, 3.63) is 21.7 Å². The second-order valence-corrected chi connectivity index (χ2v) is 6.05. The first-order valence-electron chi connectivity index (χ1n) is 7.26. The van der Waals surface area contributed by atoms with Gasteiger partial charge >= 0.3 is 0 Å². The first-order chi connectivity index (χ1) is 10.5. The van der Waals surface area contributed by atoms with Gasteiger partial charge in [-0.2, -0.15) is 0 Å². The van der Waals surface area contributed by atoms with Crippen molar-refractivity contribution in [2.45, 2.75) is 25.8 Å². The third-order valence-electron chi connectivity index (χ3n) is 4.00. The summed E-state index contributed by atoms with van der Waals surface area (Å²) in [6, 6.07) is 1.67. The molecule has 1 atom stereocenters. The third kappa shape index (κ3) is 3.42. The van der Waals surface area contributed by atoms with E-state index in [1.54, 1.807) is 0 Å². The Hall–Kier alpha value is -1.17. The van der Waals surface area contributed by atoms with Gasteiger partial charge in [0.1, 0.15) is 5.56 Å². The molecular formula is C15H20Cl2N2O3. The molecule has 0 aromatic heterocycles. The number of phenolic OH excluding ortho intramolecular Hbond substituents is 1. The Morgan fingerprint density at radius 3 is 2.86 bits per heavy atom. The number of nitrogens with one attached hydrogen (secondary N) is 1. The number of nitrogens with zero attached hydrogens (tertiary/aromatic N) is 1. The number of likely N-dealkylation sites (tertiary alicyclic amines) is 1. The van der Waals surface area contributed by atoms with Crippen molar-refractivity contribution in [3.63, 3.8) is 0 Å². The van der Waals surface area contributed by atoms with Crippen LogP contribution in [-0.2, 0) is 0 Å². The van der Waals surface area contributed by atoms with Crippen LogP contribution >= 0.6 is 23.2 Å². The monoisotopic (exact) mass is 346 g/mol. The number of amides is 1. The maximum atomic E-state index is 12.4. The standard InChI is InChI=1S/C15H20Cl2N2O3/c1-3-19-6-4-5-9(19)8-18-15(21)12-13(20)10(16)7-11(17)14(12)22-2/h7,9,20H,3-6,8H2,1-2H3,(H,18,21)/t9-/m1/s1. The van der Waals surface area contributed by atoms with Crippen LogP contribution in [0.25, 0.3) is 0 Å². The van der Waals surface area contributed by atoms with Crippen LogP contribution in [0.1, 0.15) is 30.1 Å². The van der Waals surface area contributed by atoms with Crippen LogP contribution in [0, 0.1) is 0 Å². The van der Waals surface area contributed by atoms with Crippen LogP contribution in [0.4, 0.5) is 0 Å². The molecular weight excluding hydrogens is 327 g/mol. The topological polar surface area (TPSA) is 61.8 Å². The van der Waals surface area contributed by atoms with E-state index in [4.69, 9.17) is 27.9 Å². The Labute approximate surface area is 140 Å². The molecule has 1 fully saturated rings. The predicted octanol–water partition coefficient (Wildman–Crippen LogP) is 2.92. The van der Waals surface area contributed by atoms with Gasteiger partial charge in [-0.3, -0.25) is 9.69 Å². The molecule has 2 rings (SSSR count). The highest BCUT2D eigenvalue weighted by Crippen LogP contribution is 2.40. The third-order valence-corrected chi connectivity index (χ3v) is 4.56. The summed E-state index contributed by atoms with van der Waals surface area (Å²) >= 11 is 11.9. The molecule has 0 saturated carbocycles. The average Bonchev–Trinajstić information content (AvgIpc) is 2.95. The Balaban J connectivity index is 2.16. The number of hydrogen-bond acceptors (Lipinski definition) is 4. The van der Waals surface area contributed by atoms with E-state index in [9.17, 15) is 9.90 Å². The van der Waals surface area contributed by atoms with Crippen molar-refractivity contribution in [1.82, 2.24) is 10.2 Å². The van der Waals surface area contributed by atoms with E-state index >= 15 is 0 Å². The van der Waals surface area contributed by atoms with Crippen molar-refractivity contribution >= 4 is 29.1 Å². The smallest absolute Gasteiger partial charge is 0.259 e. The molecule has 122 valence electrons. The van der Waals surface area contributed by atoms with Crippen LogP contribution in [0.15, 0.2) is 6.07 Å². The highest BCUT2D eigenvalue weighted by Gasteiger charge is 2.26. The number of carbonyl (C=O) groups excluding carboxylic acids is 1. The molecule has 0 radical (unpaired) electrons. The van der Waals surface area contributed by atoms with Gasteiger partial charge < -0.3 is 15.2 Å². The Morgan fingerprint density at radius 1 is 1.50 bits per heavy atom. The van der Waals surface area contributed by atoms with Gasteiger partial charge in [0.2, 0.25) is 0 Å². The van der Waals surface area contributed by atoms with Gasteiger partial charge in [0.25, 0.3) is 5.91 Å². The van der Waals surface area contributed by atoms with Crippen molar-refractivity contribution < 1.29 is 14.6 Å². The van der Waals surface area contributed by atoms with E-state index in [1.807, 2.05) is 0 Å². The van der Waals surface area contributed by atoms with Gasteiger partial charge in [-0.1, -0.05) is 30.1 Å². The molecule has 1 amide bonds. The highest BCUT2D eigenvalue weighted by molar-refractivity contribution is 6.37. The maximum absolute atomic E-state index is 12.4. The normalized spacial score (nSPS) is 18.5. The van der Waals surface area contributed by atoms with Crippen LogP contribution in [-0.4, -0.2) is 48.7 Å². The first kappa shape index (κ1) is 17.2. The van der Waals surface area contributed by atoms with Crippen molar-refractivity contribution in [2.75, 3.05) is 26.7 Å². The molecule has 1 aromatic carbocycles. The minimum Gasteiger partial charge on any atom is -0.505 e. The molecule has 1 aliphatic rings. The lowest BCUT2D eigenvalue weighted by Gasteiger charge is -2.23. The van der Waals surface area contributed by atoms with Crippen LogP contribution < -0.4 is 10.1 Å². The number of phenols is 1. The van der Waals surface area contributed by atoms with E-state index in [-0.39, 0.29) is 27.1 Å². The summed E-state index contributed by atoms with van der Waals surface area (Å²) in [5.41, 5.74) is -0.0268. The Kier molecular flexibility index (Phi) is 5.78. The van der Waals surface area contributed by atoms with E-state index in [0.717, 1.165) is 25.9 Å². The molecule has 1 heterocycles. The molecule has 0 spiro atoms. The number of carbonyl (C=O) groups is 1. The fourth-order valence-electron chi connectivity index (χ4n) is 2.84. The lowest BCUT2D eigenvalue weighted by molar-refractivity contribution is 0.0935. The first-order valence-corrected chi connectivity index (χ1v) is 8.02. The van der Waals surface area contributed by atoms with Crippen molar-refractivity contribution in [1.29, 1.82) is 0 Å². The average molecular weight is 347 g/mol. The van der Waals surface area contributed by atoms with Gasteiger partial charge in [0, 0.05) is 12.6 Å². The summed E-state index contributed by atoms with van der Waals surface area (Å²) in [6.45, 7) is 4.62. The molecule has 0 unspecified atom stereocenters. The summed E-state index contributed by atoms with van der Waals surface area (Å²) in [4.78, 5) is 14.7. The SMILES string of the molecule is CCN1CCC[C@@H]1CNC(=O)c1c(O)c(Cl)cc(Cl)c1OC. The number of hydrogen-bond donors (Lipinski definition) is 2. The molecule has 7 heteroatoms. The van der Waals surface area contributed by atoms with Crippen molar-refractivity contribution in [3.8, 4) is 11.5 Å². The summed E-state index contributed by atoms with van der Waals surface area (Å²) in [5, 5.41) is 13.1. The molecule has 1 aliphatic heterocycles. The highest BCUT2D eigenvalue weighted by atomic mass is 35.5. The van der Waals surface area contributed by atoms with Crippen LogP contribution in [0.3, 0.4) is 0 Å². The number of methoxy groups -OCH3 is 1. The van der Waals surface area contributed by atoms with E-state index < -0.39 is 5.91 Å². The second kappa shape index (κ2) is 7.40. The Bertz CT molecular complexity index is 566. The summed E-state index contributed by atoms with van der Waals surface area (Å²) in [6.07, 6.45) is 2.18. The molecule has 22 heavy (non-hydrogen) atoms. The molecule has 1 saturated heterocycles. The van der Waals surface area contributed by atoms with Crippen LogP contribution in [0.2, 0.25) is 10.0 Å². The molecule has 5 nitrogen and oxygen atoms in total. The fraction of sp³-hybridized carbons (Fsp3) is 0.533. The van der Waals surface area contributed by atoms with E-state index in [1.165, 1.54) is 13.2 Å². The maximum Gasteiger partial charge on any atom is 0.259 e. The number of likely N-dealkylation sites (N-methyl/N-ethyl adjacent to an activating group) is 1. The summed E-state index contributed by atoms with van der Waals surface area (Å²) < 4.78 is 5.13. The van der Waals surface area contributed by atoms with Gasteiger partial charge in [0.05, 0.1) is 17.2 Å². The zero-order valence-electron chi connectivity index (χ0n) is 12.7. The Morgan fingerprint density at radius 2 is 2.23 bits per heavy atom. The molecule has 0 aliphatic carbocycles. The number of aromatic hydroxyl groups is 1. The zero-order chi connectivity index (χ0) is 16.3. The fourth-order valence-corrected chi connectivity index (χ4v) is 3.38. The van der Waals surface area contributed by atoms with Crippen LogP contribution in [0.5, 0.6) is 11.5 Å². The van der Waals surface area contributed by atoms with E-state index in [0.29, 0.717) is 12.6 Å². The van der Waals surface area contributed by atoms with Gasteiger partial charge in [0.15, 0.2) is 11.5 Å². The minimum absolute atomic E-state index is 0.0204. The number of halogens is 2. The van der Waals surface area contributed by atoms with Gasteiger partial charge in [-0.15, -0.1) is 0 Å². The largest absolute Gasteiger partial charge is 0.505 e. The summed E-state index contributed by atoms with van der Waals surface area (Å²) in [7, 11) is 1.39. The lowest BCUT2D eigenvalue weighted by Crippen LogP contribution is -2.40. The quantitative estimate of drug-likeness (QED) is 0.860. The molecule has 0 bridgehead atoms.